The molecule has 0 atom stereocenters. The van der Waals surface area contributed by atoms with Crippen molar-refractivity contribution < 1.29 is 38.9 Å². The van der Waals surface area contributed by atoms with Crippen molar-refractivity contribution in [3.63, 3.8) is 0 Å². The minimum absolute atomic E-state index is 0.164. The Morgan fingerprint density at radius 1 is 1.00 bits per heavy atom. The van der Waals surface area contributed by atoms with E-state index in [0.29, 0.717) is 0 Å². The van der Waals surface area contributed by atoms with Crippen LogP contribution in [-0.2, 0) is 15.5 Å². The maximum absolute atomic E-state index is 12.9. The van der Waals surface area contributed by atoms with Gasteiger partial charge in [0, 0.05) is 0 Å². The summed E-state index contributed by atoms with van der Waals surface area (Å²) < 4.78 is 101. The molecule has 0 saturated carbocycles. The van der Waals surface area contributed by atoms with E-state index in [1.54, 1.807) is 0 Å². The Balaban J connectivity index is 3.22. The van der Waals surface area contributed by atoms with Crippen molar-refractivity contribution in [2.24, 2.45) is 0 Å². The van der Waals surface area contributed by atoms with Gasteiger partial charge in [-0.25, -0.2) is 0 Å². The van der Waals surface area contributed by atoms with Crippen molar-refractivity contribution in [3.8, 4) is 5.75 Å². The van der Waals surface area contributed by atoms with E-state index in [1.165, 1.54) is 0 Å². The van der Waals surface area contributed by atoms with Gasteiger partial charge < -0.3 is 4.18 Å². The van der Waals surface area contributed by atoms with Gasteiger partial charge in [0.2, 0.25) is 0 Å². The summed E-state index contributed by atoms with van der Waals surface area (Å²) in [6.45, 7) is 2.95. The fraction of sp³-hybridized carbons (Fsp3) is 0.500. The van der Waals surface area contributed by atoms with Crippen molar-refractivity contribution in [2.75, 3.05) is 0 Å². The maximum atomic E-state index is 12.9. The molecular weight excluding hydrogens is 338 g/mol. The summed E-state index contributed by atoms with van der Waals surface area (Å²) in [4.78, 5) is 0. The van der Waals surface area contributed by atoms with Crippen molar-refractivity contribution >= 4 is 10.1 Å². The molecule has 0 bridgehead atoms. The molecule has 0 unspecified atom stereocenters. The van der Waals surface area contributed by atoms with Gasteiger partial charge in [0.05, 0.1) is 5.41 Å². The number of alkyl halides is 6. The highest BCUT2D eigenvalue weighted by molar-refractivity contribution is 7.88. The third kappa shape index (κ3) is 3.47. The first-order chi connectivity index (χ1) is 9.59. The molecule has 1 aromatic rings. The summed E-state index contributed by atoms with van der Waals surface area (Å²) in [6.07, 6.45) is -4.58. The highest BCUT2D eigenvalue weighted by Crippen LogP contribution is 2.41. The van der Waals surface area contributed by atoms with E-state index in [1.807, 2.05) is 0 Å². The van der Waals surface area contributed by atoms with Crippen LogP contribution < -0.4 is 4.18 Å². The summed E-state index contributed by atoms with van der Waals surface area (Å²) in [5, 5.41) is 0. The number of halogens is 6. The topological polar surface area (TPSA) is 43.4 Å². The first kappa shape index (κ1) is 18.6. The second-order valence-electron chi connectivity index (χ2n) is 5.09. The number of aryl methyl sites for hydroxylation is 1. The van der Waals surface area contributed by atoms with Gasteiger partial charge in [-0.15, -0.1) is 0 Å². The van der Waals surface area contributed by atoms with E-state index in [0.717, 1.165) is 39.0 Å². The minimum atomic E-state index is -5.87. The van der Waals surface area contributed by atoms with Crippen LogP contribution >= 0.6 is 0 Å². The molecule has 0 radical (unpaired) electrons. The number of benzene rings is 1. The van der Waals surface area contributed by atoms with Gasteiger partial charge in [-0.2, -0.15) is 34.8 Å². The van der Waals surface area contributed by atoms with Crippen LogP contribution in [0.2, 0.25) is 0 Å². The zero-order valence-electron chi connectivity index (χ0n) is 11.6. The molecule has 1 aromatic carbocycles. The van der Waals surface area contributed by atoms with Crippen molar-refractivity contribution in [1.29, 1.82) is 0 Å². The second-order valence-corrected chi connectivity index (χ2v) is 6.62. The first-order valence-corrected chi connectivity index (χ1v) is 7.19. The molecule has 0 aromatic heterocycles. The van der Waals surface area contributed by atoms with Crippen LogP contribution in [0.4, 0.5) is 26.3 Å². The van der Waals surface area contributed by atoms with Gasteiger partial charge in [-0.05, 0) is 38.0 Å². The zero-order chi connectivity index (χ0) is 17.6. The molecular formula is C12H12F6O3S. The summed E-state index contributed by atoms with van der Waals surface area (Å²) in [7, 11) is -5.87. The summed E-state index contributed by atoms with van der Waals surface area (Å²) in [6, 6.07) is 2.58. The molecule has 0 amide bonds. The fourth-order valence-corrected chi connectivity index (χ4v) is 1.98. The molecule has 0 heterocycles. The molecule has 0 aliphatic carbocycles. The van der Waals surface area contributed by atoms with Crippen molar-refractivity contribution in [2.45, 2.75) is 37.9 Å². The normalized spacial score (nSPS) is 14.0. The van der Waals surface area contributed by atoms with Gasteiger partial charge in [0.1, 0.15) is 5.75 Å². The SMILES string of the molecule is Cc1cc(C(C)(C)C(F)(F)F)ccc1OS(=O)(=O)C(F)(F)F. The summed E-state index contributed by atoms with van der Waals surface area (Å²) >= 11 is 0. The highest BCUT2D eigenvalue weighted by atomic mass is 32.2. The van der Waals surface area contributed by atoms with Crippen LogP contribution in [0, 0.1) is 6.92 Å². The van der Waals surface area contributed by atoms with E-state index in [2.05, 4.69) is 4.18 Å². The van der Waals surface area contributed by atoms with Gasteiger partial charge >= 0.3 is 21.8 Å². The van der Waals surface area contributed by atoms with E-state index in [-0.39, 0.29) is 11.1 Å². The second kappa shape index (κ2) is 5.32. The Morgan fingerprint density at radius 2 is 1.50 bits per heavy atom. The molecule has 1 rings (SSSR count). The number of rotatable bonds is 3. The standard InChI is InChI=1S/C12H12F6O3S/c1-7-6-8(10(2,3)11(13,14)15)4-5-9(7)21-22(19,20)12(16,17)18/h4-6H,1-3H3. The molecule has 0 aliphatic rings. The molecule has 22 heavy (non-hydrogen) atoms. The summed E-state index contributed by atoms with van der Waals surface area (Å²) in [5.41, 5.74) is -8.26. The Kier molecular flexibility index (Phi) is 4.50. The monoisotopic (exact) mass is 350 g/mol. The van der Waals surface area contributed by atoms with Gasteiger partial charge in [-0.3, -0.25) is 0 Å². The lowest BCUT2D eigenvalue weighted by molar-refractivity contribution is -0.180. The zero-order valence-corrected chi connectivity index (χ0v) is 12.4. The molecule has 0 saturated heterocycles. The molecule has 0 N–H and O–H groups in total. The van der Waals surface area contributed by atoms with Crippen LogP contribution in [0.3, 0.4) is 0 Å². The summed E-state index contributed by atoms with van der Waals surface area (Å²) in [5.74, 6) is -0.681. The van der Waals surface area contributed by atoms with Crippen molar-refractivity contribution in [1.82, 2.24) is 0 Å². The van der Waals surface area contributed by atoms with E-state index in [4.69, 9.17) is 0 Å². The van der Waals surface area contributed by atoms with Crippen LogP contribution in [0.15, 0.2) is 18.2 Å². The predicted molar refractivity (Wildman–Crippen MR) is 65.9 cm³/mol. The third-order valence-electron chi connectivity index (χ3n) is 3.09. The van der Waals surface area contributed by atoms with E-state index < -0.39 is 33.0 Å². The Labute approximate surface area is 123 Å². The Hall–Kier alpha value is -1.45. The highest BCUT2D eigenvalue weighted by Gasteiger charge is 2.50. The smallest absolute Gasteiger partial charge is 0.376 e. The lowest BCUT2D eigenvalue weighted by Crippen LogP contribution is -2.36. The van der Waals surface area contributed by atoms with Crippen LogP contribution in [0.1, 0.15) is 25.0 Å². The molecule has 3 nitrogen and oxygen atoms in total. The fourth-order valence-electron chi connectivity index (χ4n) is 1.46. The lowest BCUT2D eigenvalue weighted by atomic mass is 9.83. The average Bonchev–Trinajstić information content (AvgIpc) is 2.28. The third-order valence-corrected chi connectivity index (χ3v) is 4.05. The van der Waals surface area contributed by atoms with Gasteiger partial charge in [0.15, 0.2) is 0 Å². The van der Waals surface area contributed by atoms with E-state index in [9.17, 15) is 34.8 Å². The average molecular weight is 350 g/mol. The molecule has 0 spiro atoms. The quantitative estimate of drug-likeness (QED) is 0.469. The minimum Gasteiger partial charge on any atom is -0.376 e. The van der Waals surface area contributed by atoms with Crippen LogP contribution in [-0.4, -0.2) is 20.1 Å². The largest absolute Gasteiger partial charge is 0.534 e. The number of hydrogen-bond acceptors (Lipinski definition) is 3. The number of hydrogen-bond donors (Lipinski definition) is 0. The Bertz CT molecular complexity index is 658. The van der Waals surface area contributed by atoms with E-state index >= 15 is 0 Å². The van der Waals surface area contributed by atoms with Crippen LogP contribution in [0.5, 0.6) is 5.75 Å². The molecule has 0 aliphatic heterocycles. The Morgan fingerprint density at radius 3 is 1.86 bits per heavy atom. The molecule has 10 heteroatoms. The first-order valence-electron chi connectivity index (χ1n) is 5.78. The molecule has 0 fully saturated rings. The van der Waals surface area contributed by atoms with Gasteiger partial charge in [0.25, 0.3) is 0 Å². The van der Waals surface area contributed by atoms with Crippen LogP contribution in [0.25, 0.3) is 0 Å². The van der Waals surface area contributed by atoms with Gasteiger partial charge in [-0.1, -0.05) is 12.1 Å². The van der Waals surface area contributed by atoms with Crippen molar-refractivity contribution in [3.05, 3.63) is 29.3 Å². The predicted octanol–water partition coefficient (Wildman–Crippen LogP) is 4.06. The lowest BCUT2D eigenvalue weighted by Gasteiger charge is -2.28. The molecule has 126 valence electrons. The maximum Gasteiger partial charge on any atom is 0.534 e.